The van der Waals surface area contributed by atoms with Gasteiger partial charge in [-0.15, -0.1) is 0 Å². The molecule has 1 aromatic carbocycles. The van der Waals surface area contributed by atoms with E-state index in [-0.39, 0.29) is 22.4 Å². The van der Waals surface area contributed by atoms with Crippen molar-refractivity contribution in [3.8, 4) is 0 Å². The summed E-state index contributed by atoms with van der Waals surface area (Å²) in [7, 11) is -3.93. The number of carbonyl (C=O) groups excluding carboxylic acids is 2. The Labute approximate surface area is 165 Å². The van der Waals surface area contributed by atoms with Gasteiger partial charge >= 0.3 is 5.97 Å². The molecule has 0 radical (unpaired) electrons. The number of hydrogen-bond donors (Lipinski definition) is 1. The summed E-state index contributed by atoms with van der Waals surface area (Å²) in [6.07, 6.45) is 5.24. The second-order valence-electron chi connectivity index (χ2n) is 6.56. The Hall–Kier alpha value is -1.64. The van der Waals surface area contributed by atoms with E-state index in [1.54, 1.807) is 11.0 Å². The number of nitrogens with zero attached hydrogens (tertiary/aromatic N) is 1. The first-order valence-electron chi connectivity index (χ1n) is 9.02. The summed E-state index contributed by atoms with van der Waals surface area (Å²) in [6, 6.07) is 4.58. The van der Waals surface area contributed by atoms with Crippen molar-refractivity contribution in [1.29, 1.82) is 0 Å². The molecule has 0 saturated carbocycles. The molecule has 7 nitrogen and oxygen atoms in total. The minimum atomic E-state index is -3.93. The number of nitrogens with one attached hydrogen (secondary N) is 1. The Bertz CT molecular complexity index is 761. The maximum atomic E-state index is 12.3. The second-order valence-corrected chi connectivity index (χ2v) is 8.71. The van der Waals surface area contributed by atoms with Crippen molar-refractivity contribution in [2.45, 2.75) is 50.0 Å². The Morgan fingerprint density at radius 2 is 1.81 bits per heavy atom. The lowest BCUT2D eigenvalue weighted by Gasteiger charge is -2.24. The van der Waals surface area contributed by atoms with E-state index in [1.807, 2.05) is 0 Å². The highest BCUT2D eigenvalue weighted by molar-refractivity contribution is 7.89. The number of ether oxygens (including phenoxy) is 1. The molecule has 1 atom stereocenters. The molecule has 1 aromatic rings. The lowest BCUT2D eigenvalue weighted by molar-refractivity contribution is -0.153. The van der Waals surface area contributed by atoms with Crippen molar-refractivity contribution >= 4 is 33.5 Å². The first-order valence-corrected chi connectivity index (χ1v) is 10.9. The van der Waals surface area contributed by atoms with Crippen LogP contribution in [0.25, 0.3) is 0 Å². The fourth-order valence-electron chi connectivity index (χ4n) is 2.83. The Kier molecular flexibility index (Phi) is 8.07. The lowest BCUT2D eigenvalue weighted by Crippen LogP contribution is -2.42. The van der Waals surface area contributed by atoms with Gasteiger partial charge < -0.3 is 9.64 Å². The first kappa shape index (κ1) is 21.7. The molecular weight excluding hydrogens is 392 g/mol. The van der Waals surface area contributed by atoms with E-state index >= 15 is 0 Å². The Morgan fingerprint density at radius 3 is 2.44 bits per heavy atom. The molecule has 2 rings (SSSR count). The van der Waals surface area contributed by atoms with Gasteiger partial charge in [0.1, 0.15) is 6.04 Å². The monoisotopic (exact) mass is 416 g/mol. The predicted molar refractivity (Wildman–Crippen MR) is 102 cm³/mol. The fraction of sp³-hybridized carbons (Fsp3) is 0.556. The number of esters is 1. The van der Waals surface area contributed by atoms with E-state index in [0.717, 1.165) is 25.7 Å². The van der Waals surface area contributed by atoms with Crippen molar-refractivity contribution < 1.29 is 22.7 Å². The molecule has 9 heteroatoms. The number of benzene rings is 1. The van der Waals surface area contributed by atoms with E-state index in [9.17, 15) is 18.0 Å². The highest BCUT2D eigenvalue weighted by Gasteiger charge is 2.24. The number of sulfonamides is 1. The van der Waals surface area contributed by atoms with Crippen molar-refractivity contribution in [3.63, 3.8) is 0 Å². The maximum Gasteiger partial charge on any atom is 0.324 e. The number of rotatable bonds is 6. The van der Waals surface area contributed by atoms with E-state index in [1.165, 1.54) is 31.5 Å². The summed E-state index contributed by atoms with van der Waals surface area (Å²) < 4.78 is 31.9. The summed E-state index contributed by atoms with van der Waals surface area (Å²) >= 11 is 5.80. The highest BCUT2D eigenvalue weighted by Crippen LogP contribution is 2.16. The minimum absolute atomic E-state index is 0.0497. The molecule has 1 aliphatic rings. The molecule has 0 spiro atoms. The molecule has 1 aliphatic heterocycles. The molecule has 0 unspecified atom stereocenters. The Morgan fingerprint density at radius 1 is 1.19 bits per heavy atom. The number of likely N-dealkylation sites (tertiary alicyclic amines) is 1. The lowest BCUT2D eigenvalue weighted by atomic mass is 10.1. The van der Waals surface area contributed by atoms with Gasteiger partial charge in [-0.2, -0.15) is 4.72 Å². The van der Waals surface area contributed by atoms with E-state index in [2.05, 4.69) is 4.72 Å². The van der Waals surface area contributed by atoms with Crippen LogP contribution in [0.2, 0.25) is 5.02 Å². The van der Waals surface area contributed by atoms with Gasteiger partial charge in [0.15, 0.2) is 6.61 Å². The molecule has 150 valence electrons. The van der Waals surface area contributed by atoms with Crippen LogP contribution in [0.5, 0.6) is 0 Å². The van der Waals surface area contributed by atoms with E-state index in [0.29, 0.717) is 13.1 Å². The van der Waals surface area contributed by atoms with Gasteiger partial charge in [-0.1, -0.05) is 36.9 Å². The molecule has 27 heavy (non-hydrogen) atoms. The fourth-order valence-corrected chi connectivity index (χ4v) is 4.32. The third-order valence-corrected chi connectivity index (χ3v) is 6.11. The van der Waals surface area contributed by atoms with Crippen LogP contribution in [0.15, 0.2) is 29.2 Å². The third-order valence-electron chi connectivity index (χ3n) is 4.34. The van der Waals surface area contributed by atoms with Crippen molar-refractivity contribution in [3.05, 3.63) is 29.3 Å². The van der Waals surface area contributed by atoms with E-state index < -0.39 is 22.0 Å². The van der Waals surface area contributed by atoms with Crippen LogP contribution >= 0.6 is 11.6 Å². The summed E-state index contributed by atoms with van der Waals surface area (Å²) in [5, 5.41) is 0.270. The first-order chi connectivity index (χ1) is 12.8. The van der Waals surface area contributed by atoms with Gasteiger partial charge in [-0.05, 0) is 38.0 Å². The van der Waals surface area contributed by atoms with Gasteiger partial charge in [0.25, 0.3) is 5.91 Å². The molecular formula is C18H25ClN2O5S. The average Bonchev–Trinajstić information content (AvgIpc) is 2.58. The molecule has 0 aliphatic carbocycles. The molecule has 1 saturated heterocycles. The SMILES string of the molecule is C[C@H](NS(=O)(=O)c1cccc(Cl)c1)C(=O)OCC(=O)N1CCCCCCC1. The summed E-state index contributed by atoms with van der Waals surface area (Å²) in [5.41, 5.74) is 0. The summed E-state index contributed by atoms with van der Waals surface area (Å²) in [5.74, 6) is -1.06. The van der Waals surface area contributed by atoms with Gasteiger partial charge in [-0.25, -0.2) is 8.42 Å². The van der Waals surface area contributed by atoms with Gasteiger partial charge in [-0.3, -0.25) is 9.59 Å². The van der Waals surface area contributed by atoms with Crippen molar-refractivity contribution in [2.75, 3.05) is 19.7 Å². The van der Waals surface area contributed by atoms with Gasteiger partial charge in [0.05, 0.1) is 4.90 Å². The van der Waals surface area contributed by atoms with Crippen LogP contribution in [-0.4, -0.2) is 50.9 Å². The maximum absolute atomic E-state index is 12.3. The number of hydrogen-bond acceptors (Lipinski definition) is 5. The minimum Gasteiger partial charge on any atom is -0.454 e. The second kappa shape index (κ2) is 10.1. The third kappa shape index (κ3) is 6.79. The van der Waals surface area contributed by atoms with Gasteiger partial charge in [0.2, 0.25) is 10.0 Å². The number of amides is 1. The number of carbonyl (C=O) groups is 2. The zero-order valence-electron chi connectivity index (χ0n) is 15.3. The summed E-state index contributed by atoms with van der Waals surface area (Å²) in [4.78, 5) is 26.0. The zero-order chi connectivity index (χ0) is 19.9. The van der Waals surface area contributed by atoms with Gasteiger partial charge in [0, 0.05) is 18.1 Å². The van der Waals surface area contributed by atoms with E-state index in [4.69, 9.17) is 16.3 Å². The average molecular weight is 417 g/mol. The predicted octanol–water partition coefficient (Wildman–Crippen LogP) is 2.34. The zero-order valence-corrected chi connectivity index (χ0v) is 16.9. The molecule has 1 N–H and O–H groups in total. The van der Waals surface area contributed by atoms with Crippen LogP contribution in [0.4, 0.5) is 0 Å². The summed E-state index contributed by atoms with van der Waals surface area (Å²) in [6.45, 7) is 2.30. The highest BCUT2D eigenvalue weighted by atomic mass is 35.5. The van der Waals surface area contributed by atoms with Crippen molar-refractivity contribution in [1.82, 2.24) is 9.62 Å². The van der Waals surface area contributed by atoms with Crippen LogP contribution < -0.4 is 4.72 Å². The topological polar surface area (TPSA) is 92.8 Å². The molecule has 0 aromatic heterocycles. The van der Waals surface area contributed by atoms with Crippen LogP contribution in [0.1, 0.15) is 39.0 Å². The quantitative estimate of drug-likeness (QED) is 0.718. The van der Waals surface area contributed by atoms with Crippen LogP contribution in [0, 0.1) is 0 Å². The molecule has 1 heterocycles. The van der Waals surface area contributed by atoms with Crippen molar-refractivity contribution in [2.24, 2.45) is 0 Å². The number of halogens is 1. The largest absolute Gasteiger partial charge is 0.454 e. The smallest absolute Gasteiger partial charge is 0.324 e. The molecule has 0 bridgehead atoms. The van der Waals surface area contributed by atoms with Crippen LogP contribution in [-0.2, 0) is 24.3 Å². The standard InChI is InChI=1S/C18H25ClN2O5S/c1-14(20-27(24,25)16-9-7-8-15(19)12-16)18(23)26-13-17(22)21-10-5-3-2-4-6-11-21/h7-9,12,14,20H,2-6,10-11,13H2,1H3/t14-/m0/s1. The van der Waals surface area contributed by atoms with Crippen LogP contribution in [0.3, 0.4) is 0 Å². The molecule has 1 fully saturated rings. The normalized spacial score (nSPS) is 16.9. The molecule has 1 amide bonds. The Balaban J connectivity index is 1.86.